The lowest BCUT2D eigenvalue weighted by atomic mass is 10.2. The SMILES string of the molecule is Brc1cccc(-c2nnc(-c3cccnc3)o2)c1.O=C(O)C(F)(F)F. The first-order valence-corrected chi connectivity index (χ1v) is 7.36. The Hall–Kier alpha value is -2.75. The number of carboxylic acid groups (broad SMARTS) is 1. The van der Waals surface area contributed by atoms with Crippen molar-refractivity contribution in [1.82, 2.24) is 15.2 Å². The Morgan fingerprint density at radius 1 is 1.08 bits per heavy atom. The zero-order valence-electron chi connectivity index (χ0n) is 12.2. The molecule has 3 aromatic rings. The van der Waals surface area contributed by atoms with Crippen LogP contribution < -0.4 is 0 Å². The number of halogens is 4. The molecule has 2 heterocycles. The number of carboxylic acids is 1. The molecule has 0 radical (unpaired) electrons. The lowest BCUT2D eigenvalue weighted by Gasteiger charge is -1.95. The summed E-state index contributed by atoms with van der Waals surface area (Å²) in [5.74, 6) is -1.79. The van der Waals surface area contributed by atoms with E-state index in [2.05, 4.69) is 31.1 Å². The van der Waals surface area contributed by atoms with E-state index in [4.69, 9.17) is 14.3 Å². The molecule has 0 amide bonds. The van der Waals surface area contributed by atoms with Gasteiger partial charge in [-0.3, -0.25) is 4.98 Å². The topological polar surface area (TPSA) is 89.1 Å². The molecule has 0 aliphatic heterocycles. The highest BCUT2D eigenvalue weighted by molar-refractivity contribution is 9.10. The summed E-state index contributed by atoms with van der Waals surface area (Å²) >= 11 is 3.41. The van der Waals surface area contributed by atoms with Crippen molar-refractivity contribution in [2.45, 2.75) is 6.18 Å². The molecule has 1 aromatic carbocycles. The Labute approximate surface area is 147 Å². The number of aromatic nitrogens is 3. The molecule has 0 saturated carbocycles. The minimum Gasteiger partial charge on any atom is -0.475 e. The first-order chi connectivity index (χ1) is 11.8. The van der Waals surface area contributed by atoms with Crippen molar-refractivity contribution in [2.75, 3.05) is 0 Å². The maximum atomic E-state index is 10.6. The Balaban J connectivity index is 0.000000277. The van der Waals surface area contributed by atoms with Crippen LogP contribution in [-0.2, 0) is 4.79 Å². The highest BCUT2D eigenvalue weighted by Crippen LogP contribution is 2.25. The standard InChI is InChI=1S/C13H8BrN3O.C2HF3O2/c14-11-5-1-3-9(7-11)12-16-17-13(18-12)10-4-2-6-15-8-10;3-2(4,5)1(6)7/h1-8H;(H,6,7). The van der Waals surface area contributed by atoms with Crippen LogP contribution in [-0.4, -0.2) is 32.4 Å². The van der Waals surface area contributed by atoms with E-state index in [0.717, 1.165) is 15.6 Å². The zero-order chi connectivity index (χ0) is 18.4. The average Bonchev–Trinajstić information content (AvgIpc) is 3.05. The summed E-state index contributed by atoms with van der Waals surface area (Å²) in [4.78, 5) is 12.9. The molecule has 130 valence electrons. The second kappa shape index (κ2) is 7.88. The van der Waals surface area contributed by atoms with Crippen LogP contribution in [0.2, 0.25) is 0 Å². The minimum absolute atomic E-state index is 0.470. The molecule has 0 bridgehead atoms. The van der Waals surface area contributed by atoms with Gasteiger partial charge in [-0.05, 0) is 30.3 Å². The number of benzene rings is 1. The van der Waals surface area contributed by atoms with E-state index in [1.807, 2.05) is 36.4 Å². The van der Waals surface area contributed by atoms with Crippen molar-refractivity contribution in [3.05, 3.63) is 53.3 Å². The van der Waals surface area contributed by atoms with Crippen molar-refractivity contribution in [2.24, 2.45) is 0 Å². The van der Waals surface area contributed by atoms with Crippen molar-refractivity contribution < 1.29 is 27.5 Å². The molecular weight excluding hydrogens is 407 g/mol. The number of hydrogen-bond donors (Lipinski definition) is 1. The maximum absolute atomic E-state index is 10.6. The number of rotatable bonds is 2. The summed E-state index contributed by atoms with van der Waals surface area (Å²) in [7, 11) is 0. The van der Waals surface area contributed by atoms with E-state index < -0.39 is 12.1 Å². The molecule has 0 unspecified atom stereocenters. The summed E-state index contributed by atoms with van der Waals surface area (Å²) in [6.07, 6.45) is -1.69. The monoisotopic (exact) mass is 415 g/mol. The number of aliphatic carboxylic acids is 1. The fourth-order valence-electron chi connectivity index (χ4n) is 1.57. The molecule has 0 spiro atoms. The van der Waals surface area contributed by atoms with Gasteiger partial charge in [0.15, 0.2) is 0 Å². The quantitative estimate of drug-likeness (QED) is 0.674. The first-order valence-electron chi connectivity index (χ1n) is 6.57. The molecule has 3 rings (SSSR count). The van der Waals surface area contributed by atoms with E-state index in [-0.39, 0.29) is 0 Å². The van der Waals surface area contributed by atoms with Crippen LogP contribution in [0.1, 0.15) is 0 Å². The predicted octanol–water partition coefficient (Wildman–Crippen LogP) is 4.19. The van der Waals surface area contributed by atoms with E-state index >= 15 is 0 Å². The van der Waals surface area contributed by atoms with Crippen LogP contribution in [0.5, 0.6) is 0 Å². The van der Waals surface area contributed by atoms with Crippen molar-refractivity contribution in [3.8, 4) is 22.9 Å². The normalized spacial score (nSPS) is 10.7. The van der Waals surface area contributed by atoms with Crippen LogP contribution in [0.25, 0.3) is 22.9 Å². The number of pyridine rings is 1. The fraction of sp³-hybridized carbons (Fsp3) is 0.0667. The van der Waals surface area contributed by atoms with Gasteiger partial charge in [-0.15, -0.1) is 10.2 Å². The van der Waals surface area contributed by atoms with Crippen molar-refractivity contribution in [3.63, 3.8) is 0 Å². The van der Waals surface area contributed by atoms with Gasteiger partial charge in [0.2, 0.25) is 11.8 Å². The second-order valence-corrected chi connectivity index (χ2v) is 5.38. The second-order valence-electron chi connectivity index (χ2n) is 4.47. The number of alkyl halides is 3. The van der Waals surface area contributed by atoms with Crippen LogP contribution in [0.15, 0.2) is 57.7 Å². The number of nitrogens with zero attached hydrogens (tertiary/aromatic N) is 3. The lowest BCUT2D eigenvalue weighted by Crippen LogP contribution is -2.21. The minimum atomic E-state index is -5.08. The summed E-state index contributed by atoms with van der Waals surface area (Å²) in [5, 5.41) is 15.2. The van der Waals surface area contributed by atoms with E-state index in [9.17, 15) is 13.2 Å². The first kappa shape index (κ1) is 18.6. The van der Waals surface area contributed by atoms with Crippen LogP contribution in [0.3, 0.4) is 0 Å². The van der Waals surface area contributed by atoms with Gasteiger partial charge < -0.3 is 9.52 Å². The van der Waals surface area contributed by atoms with Gasteiger partial charge in [-0.1, -0.05) is 22.0 Å². The summed E-state index contributed by atoms with van der Waals surface area (Å²) in [5.41, 5.74) is 1.69. The summed E-state index contributed by atoms with van der Waals surface area (Å²) in [6.45, 7) is 0. The third-order valence-corrected chi connectivity index (χ3v) is 3.14. The molecule has 6 nitrogen and oxygen atoms in total. The third kappa shape index (κ3) is 5.38. The molecule has 0 atom stereocenters. The molecule has 25 heavy (non-hydrogen) atoms. The highest BCUT2D eigenvalue weighted by Gasteiger charge is 2.38. The Morgan fingerprint density at radius 2 is 1.68 bits per heavy atom. The Kier molecular flexibility index (Phi) is 5.86. The molecular formula is C15H9BrF3N3O3. The van der Waals surface area contributed by atoms with E-state index in [0.29, 0.717) is 11.8 Å². The van der Waals surface area contributed by atoms with Gasteiger partial charge in [-0.25, -0.2) is 4.79 Å². The summed E-state index contributed by atoms with van der Waals surface area (Å²) in [6, 6.07) is 11.4. The van der Waals surface area contributed by atoms with Crippen LogP contribution in [0.4, 0.5) is 13.2 Å². The van der Waals surface area contributed by atoms with E-state index in [1.54, 1.807) is 12.4 Å². The molecule has 0 aliphatic rings. The fourth-order valence-corrected chi connectivity index (χ4v) is 1.97. The molecule has 2 aromatic heterocycles. The van der Waals surface area contributed by atoms with Crippen LogP contribution in [0, 0.1) is 0 Å². The molecule has 1 N–H and O–H groups in total. The third-order valence-electron chi connectivity index (χ3n) is 2.65. The van der Waals surface area contributed by atoms with Crippen molar-refractivity contribution in [1.29, 1.82) is 0 Å². The average molecular weight is 416 g/mol. The Bertz CT molecular complexity index is 854. The smallest absolute Gasteiger partial charge is 0.475 e. The van der Waals surface area contributed by atoms with Gasteiger partial charge in [-0.2, -0.15) is 13.2 Å². The largest absolute Gasteiger partial charge is 0.490 e. The van der Waals surface area contributed by atoms with E-state index in [1.165, 1.54) is 0 Å². The zero-order valence-corrected chi connectivity index (χ0v) is 13.8. The van der Waals surface area contributed by atoms with Gasteiger partial charge >= 0.3 is 12.1 Å². The molecule has 0 saturated heterocycles. The molecule has 0 fully saturated rings. The summed E-state index contributed by atoms with van der Waals surface area (Å²) < 4.78 is 38.3. The highest BCUT2D eigenvalue weighted by atomic mass is 79.9. The van der Waals surface area contributed by atoms with Gasteiger partial charge in [0.25, 0.3) is 0 Å². The van der Waals surface area contributed by atoms with Crippen LogP contribution >= 0.6 is 15.9 Å². The van der Waals surface area contributed by atoms with Gasteiger partial charge in [0.1, 0.15) is 0 Å². The number of carbonyl (C=O) groups is 1. The van der Waals surface area contributed by atoms with Crippen molar-refractivity contribution >= 4 is 21.9 Å². The Morgan fingerprint density at radius 3 is 2.20 bits per heavy atom. The lowest BCUT2D eigenvalue weighted by molar-refractivity contribution is -0.192. The number of hydrogen-bond acceptors (Lipinski definition) is 5. The molecule has 0 aliphatic carbocycles. The predicted molar refractivity (Wildman–Crippen MR) is 84.4 cm³/mol. The van der Waals surface area contributed by atoms with Gasteiger partial charge in [0, 0.05) is 22.4 Å². The molecule has 10 heteroatoms. The maximum Gasteiger partial charge on any atom is 0.490 e. The van der Waals surface area contributed by atoms with Gasteiger partial charge in [0.05, 0.1) is 5.56 Å².